The molecule has 204 valence electrons. The number of carbonyl (C=O) groups is 1. The number of benzene rings is 2. The Morgan fingerprint density at radius 3 is 2.32 bits per heavy atom. The van der Waals surface area contributed by atoms with Gasteiger partial charge in [-0.05, 0) is 102 Å². The minimum atomic E-state index is -0.470. The van der Waals surface area contributed by atoms with Crippen LogP contribution in [0, 0.1) is 6.92 Å². The summed E-state index contributed by atoms with van der Waals surface area (Å²) in [6, 6.07) is 19.6. The van der Waals surface area contributed by atoms with Crippen LogP contribution < -0.4 is 5.32 Å². The number of aryl methyl sites for hydroxylation is 1. The van der Waals surface area contributed by atoms with Crippen molar-refractivity contribution in [1.29, 1.82) is 0 Å². The molecule has 1 fully saturated rings. The maximum absolute atomic E-state index is 12.0. The summed E-state index contributed by atoms with van der Waals surface area (Å²) in [5.41, 5.74) is 3.73. The van der Waals surface area contributed by atoms with Crippen LogP contribution in [0.2, 0.25) is 0 Å². The number of amides is 1. The predicted octanol–water partition coefficient (Wildman–Crippen LogP) is 6.76. The van der Waals surface area contributed by atoms with Gasteiger partial charge in [-0.1, -0.05) is 67.4 Å². The number of carbonyl (C=O) groups excluding carboxylic acids is 1. The Kier molecular flexibility index (Phi) is 11.9. The lowest BCUT2D eigenvalue weighted by molar-refractivity contribution is 0.0521. The maximum atomic E-state index is 12.0. The first-order chi connectivity index (χ1) is 17.8. The van der Waals surface area contributed by atoms with E-state index < -0.39 is 5.60 Å². The highest BCUT2D eigenvalue weighted by molar-refractivity contribution is 5.67. The standard InChI is InChI=1S/C32H49N3O2/c1-27-14-10-11-17-30(27)26-35(25-20-33-31(36)37-32(2,3)4)22-13-6-5-12-21-34-23-18-29(19-24-34)28-15-8-7-9-16-28/h7-11,14-17,29H,5-6,12-13,18-26H2,1-4H3,(H,33,36). The lowest BCUT2D eigenvalue weighted by atomic mass is 9.89. The first-order valence-corrected chi connectivity index (χ1v) is 14.3. The van der Waals surface area contributed by atoms with Crippen molar-refractivity contribution in [3.05, 3.63) is 71.3 Å². The van der Waals surface area contributed by atoms with Crippen LogP contribution in [-0.2, 0) is 11.3 Å². The summed E-state index contributed by atoms with van der Waals surface area (Å²) < 4.78 is 5.39. The van der Waals surface area contributed by atoms with Gasteiger partial charge in [-0.2, -0.15) is 0 Å². The second kappa shape index (κ2) is 15.1. The Morgan fingerprint density at radius 2 is 1.62 bits per heavy atom. The van der Waals surface area contributed by atoms with Gasteiger partial charge in [0.05, 0.1) is 0 Å². The molecule has 0 spiro atoms. The molecule has 3 rings (SSSR count). The number of nitrogens with one attached hydrogen (secondary N) is 1. The first-order valence-electron chi connectivity index (χ1n) is 14.3. The molecule has 5 heteroatoms. The van der Waals surface area contributed by atoms with Crippen molar-refractivity contribution in [1.82, 2.24) is 15.1 Å². The summed E-state index contributed by atoms with van der Waals surface area (Å²) in [4.78, 5) is 17.2. The molecule has 2 aromatic carbocycles. The largest absolute Gasteiger partial charge is 0.444 e. The van der Waals surface area contributed by atoms with Crippen LogP contribution in [0.4, 0.5) is 4.79 Å². The van der Waals surface area contributed by atoms with Gasteiger partial charge in [0.1, 0.15) is 5.60 Å². The topological polar surface area (TPSA) is 44.8 Å². The zero-order valence-corrected chi connectivity index (χ0v) is 23.7. The van der Waals surface area contributed by atoms with Crippen molar-refractivity contribution in [3.63, 3.8) is 0 Å². The highest BCUT2D eigenvalue weighted by atomic mass is 16.6. The van der Waals surface area contributed by atoms with E-state index in [4.69, 9.17) is 4.74 Å². The number of alkyl carbamates (subject to hydrolysis) is 1. The quantitative estimate of drug-likeness (QED) is 0.304. The third-order valence-corrected chi connectivity index (χ3v) is 7.31. The van der Waals surface area contributed by atoms with Gasteiger partial charge < -0.3 is 15.0 Å². The summed E-state index contributed by atoms with van der Waals surface area (Å²) in [6.45, 7) is 14.9. The lowest BCUT2D eigenvalue weighted by Crippen LogP contribution is -2.38. The zero-order valence-electron chi connectivity index (χ0n) is 23.7. The predicted molar refractivity (Wildman–Crippen MR) is 154 cm³/mol. The van der Waals surface area contributed by atoms with E-state index in [2.05, 4.69) is 76.6 Å². The maximum Gasteiger partial charge on any atom is 0.407 e. The number of unbranched alkanes of at least 4 members (excludes halogenated alkanes) is 3. The second-order valence-electron chi connectivity index (χ2n) is 11.6. The highest BCUT2D eigenvalue weighted by Gasteiger charge is 2.20. The molecule has 1 aliphatic rings. The minimum Gasteiger partial charge on any atom is -0.444 e. The van der Waals surface area contributed by atoms with Crippen molar-refractivity contribution in [2.45, 2.75) is 84.3 Å². The fourth-order valence-electron chi connectivity index (χ4n) is 5.17. The summed E-state index contributed by atoms with van der Waals surface area (Å²) >= 11 is 0. The van der Waals surface area contributed by atoms with Gasteiger partial charge in [-0.3, -0.25) is 4.90 Å². The molecule has 0 bridgehead atoms. The van der Waals surface area contributed by atoms with E-state index in [-0.39, 0.29) is 6.09 Å². The Balaban J connectivity index is 1.34. The van der Waals surface area contributed by atoms with E-state index in [0.717, 1.165) is 25.6 Å². The summed E-state index contributed by atoms with van der Waals surface area (Å²) in [7, 11) is 0. The van der Waals surface area contributed by atoms with E-state index in [1.54, 1.807) is 0 Å². The third-order valence-electron chi connectivity index (χ3n) is 7.31. The molecule has 1 heterocycles. The van der Waals surface area contributed by atoms with Crippen molar-refractivity contribution >= 4 is 6.09 Å². The van der Waals surface area contributed by atoms with Crippen molar-refractivity contribution in [2.24, 2.45) is 0 Å². The van der Waals surface area contributed by atoms with E-state index >= 15 is 0 Å². The molecule has 0 atom stereocenters. The van der Waals surface area contributed by atoms with Crippen LogP contribution in [-0.4, -0.2) is 60.8 Å². The van der Waals surface area contributed by atoms with E-state index in [0.29, 0.717) is 6.54 Å². The van der Waals surface area contributed by atoms with E-state index in [9.17, 15) is 4.79 Å². The Hall–Kier alpha value is -2.37. The van der Waals surface area contributed by atoms with Crippen LogP contribution in [0.15, 0.2) is 54.6 Å². The van der Waals surface area contributed by atoms with Gasteiger partial charge in [-0.15, -0.1) is 0 Å². The smallest absolute Gasteiger partial charge is 0.407 e. The number of nitrogens with zero attached hydrogens (tertiary/aromatic N) is 2. The molecule has 37 heavy (non-hydrogen) atoms. The highest BCUT2D eigenvalue weighted by Crippen LogP contribution is 2.27. The van der Waals surface area contributed by atoms with Gasteiger partial charge in [0.15, 0.2) is 0 Å². The summed E-state index contributed by atoms with van der Waals surface area (Å²) in [6.07, 6.45) is 7.25. The van der Waals surface area contributed by atoms with Gasteiger partial charge >= 0.3 is 6.09 Å². The Labute approximate surface area is 225 Å². The lowest BCUT2D eigenvalue weighted by Gasteiger charge is -2.32. The second-order valence-corrected chi connectivity index (χ2v) is 11.6. The number of hydrogen-bond acceptors (Lipinski definition) is 4. The molecule has 1 aliphatic heterocycles. The molecule has 1 N–H and O–H groups in total. The average Bonchev–Trinajstić information content (AvgIpc) is 2.87. The summed E-state index contributed by atoms with van der Waals surface area (Å²) in [5, 5.41) is 2.92. The van der Waals surface area contributed by atoms with Gasteiger partial charge in [0.2, 0.25) is 0 Å². The number of piperidine rings is 1. The number of rotatable bonds is 13. The summed E-state index contributed by atoms with van der Waals surface area (Å²) in [5.74, 6) is 0.737. The number of ether oxygens (including phenoxy) is 1. The molecular formula is C32H49N3O2. The molecule has 1 amide bonds. The zero-order chi connectivity index (χ0) is 26.5. The van der Waals surface area contributed by atoms with Crippen LogP contribution >= 0.6 is 0 Å². The van der Waals surface area contributed by atoms with E-state index in [1.807, 2.05) is 20.8 Å². The third kappa shape index (κ3) is 11.3. The number of hydrogen-bond donors (Lipinski definition) is 1. The first kappa shape index (κ1) is 29.2. The normalized spacial score (nSPS) is 15.2. The monoisotopic (exact) mass is 507 g/mol. The van der Waals surface area contributed by atoms with Crippen molar-refractivity contribution in [2.75, 3.05) is 39.3 Å². The number of likely N-dealkylation sites (tertiary alicyclic amines) is 1. The average molecular weight is 508 g/mol. The molecule has 0 unspecified atom stereocenters. The van der Waals surface area contributed by atoms with Crippen molar-refractivity contribution < 1.29 is 9.53 Å². The Bertz CT molecular complexity index is 917. The molecular weight excluding hydrogens is 458 g/mol. The van der Waals surface area contributed by atoms with Gasteiger partial charge in [0.25, 0.3) is 0 Å². The van der Waals surface area contributed by atoms with Crippen LogP contribution in [0.1, 0.15) is 81.9 Å². The molecule has 0 saturated carbocycles. The van der Waals surface area contributed by atoms with Crippen LogP contribution in [0.5, 0.6) is 0 Å². The molecule has 0 radical (unpaired) electrons. The van der Waals surface area contributed by atoms with Crippen LogP contribution in [0.25, 0.3) is 0 Å². The Morgan fingerprint density at radius 1 is 0.946 bits per heavy atom. The van der Waals surface area contributed by atoms with Crippen molar-refractivity contribution in [3.8, 4) is 0 Å². The molecule has 0 aromatic heterocycles. The van der Waals surface area contributed by atoms with Crippen LogP contribution in [0.3, 0.4) is 0 Å². The minimum absolute atomic E-state index is 0.337. The van der Waals surface area contributed by atoms with E-state index in [1.165, 1.54) is 74.8 Å². The fraction of sp³-hybridized carbons (Fsp3) is 0.594. The van der Waals surface area contributed by atoms with Gasteiger partial charge in [-0.25, -0.2) is 4.79 Å². The molecule has 1 saturated heterocycles. The fourth-order valence-corrected chi connectivity index (χ4v) is 5.17. The molecule has 5 nitrogen and oxygen atoms in total. The molecule has 0 aliphatic carbocycles. The molecule has 2 aromatic rings. The van der Waals surface area contributed by atoms with Gasteiger partial charge in [0, 0.05) is 19.6 Å². The SMILES string of the molecule is Cc1ccccc1CN(CCCCCCN1CCC(c2ccccc2)CC1)CCNC(=O)OC(C)(C)C.